The molecule has 1 fully saturated rings. The van der Waals surface area contributed by atoms with Crippen molar-refractivity contribution in [1.29, 1.82) is 0 Å². The van der Waals surface area contributed by atoms with Gasteiger partial charge in [-0.05, 0) is 15.9 Å². The number of Topliss-reactive ketones (excluding diaryl/α,β-unsaturated/α-hetero) is 1. The first-order valence-electron chi connectivity index (χ1n) is 5.81. The fourth-order valence-corrected chi connectivity index (χ4v) is 2.33. The molecule has 1 atom stereocenters. The van der Waals surface area contributed by atoms with Crippen LogP contribution in [0.25, 0.3) is 0 Å². The largest absolute Gasteiger partial charge is 0.383 e. The van der Waals surface area contributed by atoms with E-state index in [1.54, 1.807) is 18.0 Å². The maximum Gasteiger partial charge on any atom is 0.211 e. The van der Waals surface area contributed by atoms with Gasteiger partial charge in [0.1, 0.15) is 11.8 Å². The Kier molecular flexibility index (Phi) is 4.87. The summed E-state index contributed by atoms with van der Waals surface area (Å²) in [5.41, 5.74) is 0.542. The first-order valence-corrected chi connectivity index (χ1v) is 6.60. The van der Waals surface area contributed by atoms with Crippen molar-refractivity contribution >= 4 is 21.7 Å². The molecule has 7 heteroatoms. The summed E-state index contributed by atoms with van der Waals surface area (Å²) in [5, 5.41) is 7.31. The molecule has 1 aliphatic heterocycles. The third-order valence-corrected chi connectivity index (χ3v) is 3.34. The highest BCUT2D eigenvalue weighted by Gasteiger charge is 2.27. The van der Waals surface area contributed by atoms with E-state index in [1.807, 2.05) is 0 Å². The summed E-state index contributed by atoms with van der Waals surface area (Å²) in [6.07, 6.45) is 1.19. The highest BCUT2D eigenvalue weighted by Crippen LogP contribution is 2.19. The lowest BCUT2D eigenvalue weighted by molar-refractivity contribution is 0.0259. The molecule has 0 aromatic carbocycles. The van der Waals surface area contributed by atoms with Gasteiger partial charge < -0.3 is 14.8 Å². The van der Waals surface area contributed by atoms with Crippen molar-refractivity contribution in [2.75, 3.05) is 33.4 Å². The normalized spacial score (nSPS) is 20.0. The number of methoxy groups -OCH3 is 1. The van der Waals surface area contributed by atoms with E-state index in [-0.39, 0.29) is 5.78 Å². The highest BCUT2D eigenvalue weighted by atomic mass is 79.9. The van der Waals surface area contributed by atoms with E-state index in [4.69, 9.17) is 9.47 Å². The Morgan fingerprint density at radius 3 is 3.28 bits per heavy atom. The molecule has 6 nitrogen and oxygen atoms in total. The van der Waals surface area contributed by atoms with Gasteiger partial charge in [-0.15, -0.1) is 0 Å². The number of carbonyl (C=O) groups excluding carboxylic acids is 1. The van der Waals surface area contributed by atoms with Crippen LogP contribution >= 0.6 is 15.9 Å². The summed E-state index contributed by atoms with van der Waals surface area (Å²) in [6, 6.07) is 0. The number of hydrogen-bond acceptors (Lipinski definition) is 5. The Hall–Kier alpha value is -0.760. The van der Waals surface area contributed by atoms with Gasteiger partial charge in [-0.1, -0.05) is 0 Å². The molecule has 0 amide bonds. The third kappa shape index (κ3) is 2.97. The number of nitrogens with zero attached hydrogens (tertiary/aromatic N) is 2. The van der Waals surface area contributed by atoms with Gasteiger partial charge >= 0.3 is 0 Å². The topological polar surface area (TPSA) is 65.4 Å². The fourth-order valence-electron chi connectivity index (χ4n) is 1.84. The molecule has 1 aromatic heterocycles. The maximum atomic E-state index is 12.4. The SMILES string of the molecule is COCCn1ncc(Br)c1C(=O)C1CNCCO1. The minimum Gasteiger partial charge on any atom is -0.383 e. The number of halogens is 1. The van der Waals surface area contributed by atoms with Crippen LogP contribution in [0, 0.1) is 0 Å². The van der Waals surface area contributed by atoms with Crippen LogP contribution in [0.5, 0.6) is 0 Å². The molecule has 2 rings (SSSR count). The Morgan fingerprint density at radius 2 is 2.61 bits per heavy atom. The number of ketones is 1. The second-order valence-corrected chi connectivity index (χ2v) is 4.84. The Bertz CT molecular complexity index is 416. The van der Waals surface area contributed by atoms with Crippen molar-refractivity contribution in [2.45, 2.75) is 12.6 Å². The van der Waals surface area contributed by atoms with Gasteiger partial charge in [0, 0.05) is 20.2 Å². The number of hydrogen-bond donors (Lipinski definition) is 1. The predicted octanol–water partition coefficient (Wildman–Crippen LogP) is 0.463. The van der Waals surface area contributed by atoms with E-state index in [0.717, 1.165) is 6.54 Å². The van der Waals surface area contributed by atoms with Crippen LogP contribution in [0.15, 0.2) is 10.7 Å². The smallest absolute Gasteiger partial charge is 0.211 e. The van der Waals surface area contributed by atoms with Crippen molar-refractivity contribution in [3.63, 3.8) is 0 Å². The van der Waals surface area contributed by atoms with E-state index in [0.29, 0.717) is 36.5 Å². The maximum absolute atomic E-state index is 12.4. The molecule has 1 aromatic rings. The van der Waals surface area contributed by atoms with Crippen LogP contribution in [0.2, 0.25) is 0 Å². The monoisotopic (exact) mass is 317 g/mol. The lowest BCUT2D eigenvalue weighted by Crippen LogP contribution is -2.43. The van der Waals surface area contributed by atoms with Crippen LogP contribution in [-0.4, -0.2) is 55.1 Å². The molecular weight excluding hydrogens is 302 g/mol. The average Bonchev–Trinajstić information content (AvgIpc) is 2.77. The lowest BCUT2D eigenvalue weighted by atomic mass is 10.1. The molecule has 1 saturated heterocycles. The van der Waals surface area contributed by atoms with Gasteiger partial charge in [-0.3, -0.25) is 9.48 Å². The summed E-state index contributed by atoms with van der Waals surface area (Å²) >= 11 is 3.36. The number of carbonyl (C=O) groups is 1. The molecular formula is C11H16BrN3O3. The summed E-state index contributed by atoms with van der Waals surface area (Å²) in [6.45, 7) is 2.94. The van der Waals surface area contributed by atoms with Crippen molar-refractivity contribution in [3.8, 4) is 0 Å². The summed E-state index contributed by atoms with van der Waals surface area (Å²) in [4.78, 5) is 12.4. The van der Waals surface area contributed by atoms with Crippen LogP contribution in [0.1, 0.15) is 10.5 Å². The van der Waals surface area contributed by atoms with Gasteiger partial charge in [-0.2, -0.15) is 5.10 Å². The molecule has 0 saturated carbocycles. The Labute approximate surface area is 114 Å². The molecule has 2 heterocycles. The second kappa shape index (κ2) is 6.42. The van der Waals surface area contributed by atoms with Crippen LogP contribution in [0.3, 0.4) is 0 Å². The zero-order valence-corrected chi connectivity index (χ0v) is 11.8. The van der Waals surface area contributed by atoms with Gasteiger partial charge in [0.05, 0.1) is 30.4 Å². The number of nitrogens with one attached hydrogen (secondary N) is 1. The van der Waals surface area contributed by atoms with Crippen LogP contribution < -0.4 is 5.32 Å². The van der Waals surface area contributed by atoms with E-state index in [9.17, 15) is 4.79 Å². The minimum absolute atomic E-state index is 0.0531. The zero-order chi connectivity index (χ0) is 13.0. The van der Waals surface area contributed by atoms with Crippen LogP contribution in [0.4, 0.5) is 0 Å². The van der Waals surface area contributed by atoms with Crippen molar-refractivity contribution < 1.29 is 14.3 Å². The third-order valence-electron chi connectivity index (χ3n) is 2.76. The van der Waals surface area contributed by atoms with Crippen molar-refractivity contribution in [3.05, 3.63) is 16.4 Å². The first-order chi connectivity index (χ1) is 8.74. The molecule has 0 aliphatic carbocycles. The fraction of sp³-hybridized carbons (Fsp3) is 0.636. The predicted molar refractivity (Wildman–Crippen MR) is 68.7 cm³/mol. The number of morpholine rings is 1. The molecule has 1 unspecified atom stereocenters. The summed E-state index contributed by atoms with van der Waals surface area (Å²) in [5.74, 6) is -0.0531. The second-order valence-electron chi connectivity index (χ2n) is 3.98. The average molecular weight is 318 g/mol. The quantitative estimate of drug-likeness (QED) is 0.799. The van der Waals surface area contributed by atoms with E-state index in [2.05, 4.69) is 26.3 Å². The molecule has 1 aliphatic rings. The standard InChI is InChI=1S/C11H16BrN3O3/c1-17-5-3-15-10(8(12)6-14-15)11(16)9-7-13-2-4-18-9/h6,9,13H,2-5,7H2,1H3. The zero-order valence-electron chi connectivity index (χ0n) is 10.2. The van der Waals surface area contributed by atoms with E-state index >= 15 is 0 Å². The molecule has 0 bridgehead atoms. The molecule has 18 heavy (non-hydrogen) atoms. The number of rotatable bonds is 5. The lowest BCUT2D eigenvalue weighted by Gasteiger charge is -2.22. The van der Waals surface area contributed by atoms with E-state index in [1.165, 1.54) is 0 Å². The van der Waals surface area contributed by atoms with Gasteiger partial charge in [-0.25, -0.2) is 0 Å². The van der Waals surface area contributed by atoms with Gasteiger partial charge in [0.2, 0.25) is 5.78 Å². The number of ether oxygens (including phenoxy) is 2. The molecule has 1 N–H and O–H groups in total. The highest BCUT2D eigenvalue weighted by molar-refractivity contribution is 9.10. The van der Waals surface area contributed by atoms with Crippen molar-refractivity contribution in [1.82, 2.24) is 15.1 Å². The van der Waals surface area contributed by atoms with Crippen molar-refractivity contribution in [2.24, 2.45) is 0 Å². The molecule has 0 spiro atoms. The Balaban J connectivity index is 2.14. The number of aromatic nitrogens is 2. The van der Waals surface area contributed by atoms with Gasteiger partial charge in [0.15, 0.2) is 0 Å². The van der Waals surface area contributed by atoms with Crippen LogP contribution in [-0.2, 0) is 16.0 Å². The van der Waals surface area contributed by atoms with Gasteiger partial charge in [0.25, 0.3) is 0 Å². The van der Waals surface area contributed by atoms with E-state index < -0.39 is 6.10 Å². The Morgan fingerprint density at radius 1 is 1.78 bits per heavy atom. The molecule has 100 valence electrons. The summed E-state index contributed by atoms with van der Waals surface area (Å²) in [7, 11) is 1.62. The molecule has 0 radical (unpaired) electrons. The summed E-state index contributed by atoms with van der Waals surface area (Å²) < 4.78 is 12.8. The first kappa shape index (κ1) is 13.7. The minimum atomic E-state index is -0.437.